The zero-order chi connectivity index (χ0) is 11.4. The van der Waals surface area contributed by atoms with Crippen LogP contribution in [0.3, 0.4) is 0 Å². The number of halogens is 1. The standard InChI is InChI=1S/C13H20ClN/c1-9(2)10(3)13(15)8-11-4-6-12(14)7-5-11/h4-7,9-10,13H,8,15H2,1-3H3. The van der Waals surface area contributed by atoms with Gasteiger partial charge in [-0.1, -0.05) is 44.5 Å². The van der Waals surface area contributed by atoms with Gasteiger partial charge in [0.05, 0.1) is 0 Å². The first-order valence-electron chi connectivity index (χ1n) is 5.50. The number of hydrogen-bond acceptors (Lipinski definition) is 1. The van der Waals surface area contributed by atoms with E-state index in [9.17, 15) is 0 Å². The molecule has 0 heterocycles. The largest absolute Gasteiger partial charge is 0.327 e. The first-order chi connectivity index (χ1) is 7.00. The van der Waals surface area contributed by atoms with E-state index in [1.807, 2.05) is 12.1 Å². The van der Waals surface area contributed by atoms with Crippen LogP contribution in [0.2, 0.25) is 5.02 Å². The van der Waals surface area contributed by atoms with Crippen molar-refractivity contribution in [3.05, 3.63) is 34.9 Å². The fourth-order valence-electron chi connectivity index (χ4n) is 1.57. The van der Waals surface area contributed by atoms with Crippen molar-refractivity contribution >= 4 is 11.6 Å². The predicted octanol–water partition coefficient (Wildman–Crippen LogP) is 3.50. The molecule has 0 aliphatic rings. The summed E-state index contributed by atoms with van der Waals surface area (Å²) in [5, 5.41) is 0.782. The number of rotatable bonds is 4. The Bertz CT molecular complexity index is 292. The second-order valence-electron chi connectivity index (χ2n) is 4.60. The molecule has 2 atom stereocenters. The molecule has 0 aromatic heterocycles. The summed E-state index contributed by atoms with van der Waals surface area (Å²) < 4.78 is 0. The third kappa shape index (κ3) is 3.84. The lowest BCUT2D eigenvalue weighted by molar-refractivity contribution is 0.344. The molecule has 15 heavy (non-hydrogen) atoms. The van der Waals surface area contributed by atoms with Crippen LogP contribution in [0.5, 0.6) is 0 Å². The van der Waals surface area contributed by atoms with Gasteiger partial charge in [0.25, 0.3) is 0 Å². The van der Waals surface area contributed by atoms with Crippen molar-refractivity contribution in [2.24, 2.45) is 17.6 Å². The van der Waals surface area contributed by atoms with Gasteiger partial charge < -0.3 is 5.73 Å². The fraction of sp³-hybridized carbons (Fsp3) is 0.538. The molecule has 2 N–H and O–H groups in total. The maximum atomic E-state index is 6.16. The summed E-state index contributed by atoms with van der Waals surface area (Å²) in [6.07, 6.45) is 0.927. The summed E-state index contributed by atoms with van der Waals surface area (Å²) in [6, 6.07) is 8.17. The maximum absolute atomic E-state index is 6.16. The third-order valence-corrected chi connectivity index (χ3v) is 3.36. The highest BCUT2D eigenvalue weighted by Crippen LogP contribution is 2.17. The molecule has 0 fully saturated rings. The molecule has 0 bridgehead atoms. The summed E-state index contributed by atoms with van der Waals surface area (Å²) in [5.41, 5.74) is 7.42. The van der Waals surface area contributed by atoms with Gasteiger partial charge >= 0.3 is 0 Å². The molecule has 0 aliphatic carbocycles. The zero-order valence-corrected chi connectivity index (χ0v) is 10.5. The molecule has 2 unspecified atom stereocenters. The van der Waals surface area contributed by atoms with Gasteiger partial charge in [-0.2, -0.15) is 0 Å². The van der Waals surface area contributed by atoms with Crippen LogP contribution in [-0.4, -0.2) is 6.04 Å². The number of benzene rings is 1. The van der Waals surface area contributed by atoms with Gasteiger partial charge in [0.15, 0.2) is 0 Å². The first kappa shape index (κ1) is 12.5. The minimum Gasteiger partial charge on any atom is -0.327 e. The van der Waals surface area contributed by atoms with Crippen LogP contribution < -0.4 is 5.73 Å². The monoisotopic (exact) mass is 225 g/mol. The molecule has 0 radical (unpaired) electrons. The lowest BCUT2D eigenvalue weighted by Gasteiger charge is -2.23. The summed E-state index contributed by atoms with van der Waals surface area (Å²) in [5.74, 6) is 1.17. The van der Waals surface area contributed by atoms with Gasteiger partial charge in [-0.25, -0.2) is 0 Å². The summed E-state index contributed by atoms with van der Waals surface area (Å²) in [6.45, 7) is 6.64. The molecule has 84 valence electrons. The SMILES string of the molecule is CC(C)C(C)C(N)Cc1ccc(Cl)cc1. The Balaban J connectivity index is 2.58. The highest BCUT2D eigenvalue weighted by molar-refractivity contribution is 6.30. The van der Waals surface area contributed by atoms with Gasteiger partial charge in [-0.05, 0) is 36.0 Å². The van der Waals surface area contributed by atoms with Crippen LogP contribution >= 0.6 is 11.6 Å². The van der Waals surface area contributed by atoms with Crippen LogP contribution in [0.25, 0.3) is 0 Å². The highest BCUT2D eigenvalue weighted by atomic mass is 35.5. The fourth-order valence-corrected chi connectivity index (χ4v) is 1.70. The minimum atomic E-state index is 0.228. The molecule has 1 aromatic carbocycles. The van der Waals surface area contributed by atoms with E-state index in [-0.39, 0.29) is 6.04 Å². The van der Waals surface area contributed by atoms with Gasteiger partial charge in [0, 0.05) is 11.1 Å². The summed E-state index contributed by atoms with van der Waals surface area (Å²) in [7, 11) is 0. The van der Waals surface area contributed by atoms with Gasteiger partial charge in [-0.3, -0.25) is 0 Å². The maximum Gasteiger partial charge on any atom is 0.0406 e. The molecule has 1 nitrogen and oxygen atoms in total. The zero-order valence-electron chi connectivity index (χ0n) is 9.70. The topological polar surface area (TPSA) is 26.0 Å². The number of nitrogens with two attached hydrogens (primary N) is 1. The van der Waals surface area contributed by atoms with E-state index in [0.717, 1.165) is 11.4 Å². The van der Waals surface area contributed by atoms with Crippen molar-refractivity contribution in [1.29, 1.82) is 0 Å². The Morgan fingerprint density at radius 1 is 1.13 bits per heavy atom. The Kier molecular flexibility index (Phi) is 4.62. The predicted molar refractivity (Wildman–Crippen MR) is 67.1 cm³/mol. The van der Waals surface area contributed by atoms with E-state index in [4.69, 9.17) is 17.3 Å². The van der Waals surface area contributed by atoms with Crippen LogP contribution in [0.1, 0.15) is 26.3 Å². The molecule has 0 saturated heterocycles. The molecular weight excluding hydrogens is 206 g/mol. The number of hydrogen-bond donors (Lipinski definition) is 1. The molecule has 0 amide bonds. The average Bonchev–Trinajstić information content (AvgIpc) is 2.20. The van der Waals surface area contributed by atoms with Crippen molar-refractivity contribution in [1.82, 2.24) is 0 Å². The van der Waals surface area contributed by atoms with Crippen molar-refractivity contribution in [3.63, 3.8) is 0 Å². The van der Waals surface area contributed by atoms with Gasteiger partial charge in [-0.15, -0.1) is 0 Å². The Morgan fingerprint density at radius 3 is 2.13 bits per heavy atom. The van der Waals surface area contributed by atoms with Crippen molar-refractivity contribution in [3.8, 4) is 0 Å². The van der Waals surface area contributed by atoms with Crippen LogP contribution in [0.4, 0.5) is 0 Å². The molecule has 0 aliphatic heterocycles. The van der Waals surface area contributed by atoms with Crippen LogP contribution in [-0.2, 0) is 6.42 Å². The molecular formula is C13H20ClN. The average molecular weight is 226 g/mol. The van der Waals surface area contributed by atoms with Crippen molar-refractivity contribution in [2.45, 2.75) is 33.2 Å². The summed E-state index contributed by atoms with van der Waals surface area (Å²) in [4.78, 5) is 0. The van der Waals surface area contributed by atoms with E-state index in [2.05, 4.69) is 32.9 Å². The molecule has 0 saturated carbocycles. The second-order valence-corrected chi connectivity index (χ2v) is 5.03. The van der Waals surface area contributed by atoms with E-state index < -0.39 is 0 Å². The van der Waals surface area contributed by atoms with Gasteiger partial charge in [0.1, 0.15) is 0 Å². The first-order valence-corrected chi connectivity index (χ1v) is 5.88. The highest BCUT2D eigenvalue weighted by Gasteiger charge is 2.16. The normalized spacial score (nSPS) is 15.3. The quantitative estimate of drug-likeness (QED) is 0.834. The lowest BCUT2D eigenvalue weighted by atomic mass is 9.87. The molecule has 1 rings (SSSR count). The van der Waals surface area contributed by atoms with E-state index in [1.165, 1.54) is 5.56 Å². The minimum absolute atomic E-state index is 0.228. The van der Waals surface area contributed by atoms with Crippen LogP contribution in [0, 0.1) is 11.8 Å². The van der Waals surface area contributed by atoms with Crippen molar-refractivity contribution < 1.29 is 0 Å². The lowest BCUT2D eigenvalue weighted by Crippen LogP contribution is -2.33. The Morgan fingerprint density at radius 2 is 1.67 bits per heavy atom. The van der Waals surface area contributed by atoms with E-state index in [1.54, 1.807) is 0 Å². The third-order valence-electron chi connectivity index (χ3n) is 3.11. The second kappa shape index (κ2) is 5.53. The van der Waals surface area contributed by atoms with Crippen LogP contribution in [0.15, 0.2) is 24.3 Å². The van der Waals surface area contributed by atoms with Gasteiger partial charge in [0.2, 0.25) is 0 Å². The van der Waals surface area contributed by atoms with Crippen molar-refractivity contribution in [2.75, 3.05) is 0 Å². The summed E-state index contributed by atoms with van der Waals surface area (Å²) >= 11 is 5.83. The van der Waals surface area contributed by atoms with E-state index >= 15 is 0 Å². The molecule has 1 aromatic rings. The smallest absolute Gasteiger partial charge is 0.0406 e. The van der Waals surface area contributed by atoms with E-state index in [0.29, 0.717) is 11.8 Å². The molecule has 0 spiro atoms. The Hall–Kier alpha value is -0.530. The molecule has 2 heteroatoms. The Labute approximate surface area is 97.6 Å².